The van der Waals surface area contributed by atoms with Crippen molar-refractivity contribution < 1.29 is 18.4 Å². The van der Waals surface area contributed by atoms with Crippen LogP contribution in [0.4, 0.5) is 13.9 Å². The molecule has 0 spiro atoms. The minimum atomic E-state index is -0.723. The number of amides is 2. The van der Waals surface area contributed by atoms with Crippen LogP contribution in [0, 0.1) is 18.6 Å². The summed E-state index contributed by atoms with van der Waals surface area (Å²) in [6.07, 6.45) is 0. The Hall–Kier alpha value is -3.13. The highest BCUT2D eigenvalue weighted by Gasteiger charge is 2.15. The number of benzene rings is 2. The predicted molar refractivity (Wildman–Crippen MR) is 100.0 cm³/mol. The van der Waals surface area contributed by atoms with E-state index in [0.29, 0.717) is 16.8 Å². The van der Waals surface area contributed by atoms with Crippen molar-refractivity contribution in [2.45, 2.75) is 6.92 Å². The summed E-state index contributed by atoms with van der Waals surface area (Å²) in [6, 6.07) is 8.41. The molecule has 3 aromatic rings. The maximum atomic E-state index is 14.0. The molecule has 5 nitrogen and oxygen atoms in total. The summed E-state index contributed by atoms with van der Waals surface area (Å²) in [4.78, 5) is 28.3. The Labute approximate surface area is 158 Å². The molecule has 8 heteroatoms. The van der Waals surface area contributed by atoms with E-state index < -0.39 is 17.5 Å². The van der Waals surface area contributed by atoms with Gasteiger partial charge in [-0.05, 0) is 36.8 Å². The third-order valence-corrected chi connectivity index (χ3v) is 4.62. The molecule has 0 fully saturated rings. The first-order valence-electron chi connectivity index (χ1n) is 7.94. The van der Waals surface area contributed by atoms with Gasteiger partial charge in [-0.2, -0.15) is 0 Å². The minimum Gasteiger partial charge on any atom is -0.355 e. The molecule has 1 aromatic heterocycles. The Morgan fingerprint density at radius 3 is 2.44 bits per heavy atom. The molecule has 0 unspecified atom stereocenters. The van der Waals surface area contributed by atoms with Crippen molar-refractivity contribution in [1.82, 2.24) is 10.3 Å². The van der Waals surface area contributed by atoms with Gasteiger partial charge in [0.1, 0.15) is 11.6 Å². The first kappa shape index (κ1) is 18.7. The zero-order valence-corrected chi connectivity index (χ0v) is 15.3. The fourth-order valence-corrected chi connectivity index (χ4v) is 3.13. The average Bonchev–Trinajstić information content (AvgIpc) is 3.12. The molecular formula is C19H15F2N3O2S. The summed E-state index contributed by atoms with van der Waals surface area (Å²) in [5.74, 6) is -2.10. The van der Waals surface area contributed by atoms with Gasteiger partial charge in [0.15, 0.2) is 5.13 Å². The number of thiazole rings is 1. The molecule has 3 rings (SSSR count). The van der Waals surface area contributed by atoms with Gasteiger partial charge in [-0.15, -0.1) is 11.3 Å². The quantitative estimate of drug-likeness (QED) is 0.711. The van der Waals surface area contributed by atoms with E-state index in [9.17, 15) is 18.4 Å². The number of rotatable bonds is 4. The SMILES string of the molecule is CNC(=O)c1cccc(C(=O)Nc2nc(-c3cc(C)c(F)cc3F)cs2)c1. The molecule has 0 bridgehead atoms. The summed E-state index contributed by atoms with van der Waals surface area (Å²) in [5, 5.41) is 6.95. The van der Waals surface area contributed by atoms with Gasteiger partial charge >= 0.3 is 0 Å². The Bertz CT molecular complexity index is 1030. The van der Waals surface area contributed by atoms with Gasteiger partial charge in [0.05, 0.1) is 5.69 Å². The fourth-order valence-electron chi connectivity index (χ4n) is 2.42. The Kier molecular flexibility index (Phi) is 5.27. The molecule has 0 saturated heterocycles. The van der Waals surface area contributed by atoms with Gasteiger partial charge < -0.3 is 5.32 Å². The fraction of sp³-hybridized carbons (Fsp3) is 0.105. The highest BCUT2D eigenvalue weighted by atomic mass is 32.1. The standard InChI is InChI=1S/C19H15F2N3O2S/c1-10-6-13(15(21)8-14(10)20)16-9-27-19(23-16)24-18(26)12-5-3-4-11(7-12)17(25)22-2/h3-9H,1-2H3,(H,22,25)(H,23,24,26). The van der Waals surface area contributed by atoms with Crippen LogP contribution in [0.2, 0.25) is 0 Å². The molecule has 0 atom stereocenters. The number of hydrogen-bond donors (Lipinski definition) is 2. The molecule has 138 valence electrons. The number of carbonyl (C=O) groups excluding carboxylic acids is 2. The monoisotopic (exact) mass is 387 g/mol. The third-order valence-electron chi connectivity index (χ3n) is 3.86. The first-order chi connectivity index (χ1) is 12.9. The minimum absolute atomic E-state index is 0.160. The average molecular weight is 387 g/mol. The van der Waals surface area contributed by atoms with E-state index in [2.05, 4.69) is 15.6 Å². The summed E-state index contributed by atoms with van der Waals surface area (Å²) in [6.45, 7) is 1.53. The van der Waals surface area contributed by atoms with Gasteiger partial charge in [0.2, 0.25) is 0 Å². The Morgan fingerprint density at radius 2 is 1.74 bits per heavy atom. The van der Waals surface area contributed by atoms with Crippen LogP contribution in [-0.2, 0) is 0 Å². The van der Waals surface area contributed by atoms with Crippen molar-refractivity contribution >= 4 is 28.3 Å². The highest BCUT2D eigenvalue weighted by Crippen LogP contribution is 2.29. The number of nitrogens with zero attached hydrogens (tertiary/aromatic N) is 1. The number of halogens is 2. The maximum Gasteiger partial charge on any atom is 0.257 e. The van der Waals surface area contributed by atoms with E-state index in [1.54, 1.807) is 23.6 Å². The number of anilines is 1. The van der Waals surface area contributed by atoms with Crippen LogP contribution in [0.1, 0.15) is 26.3 Å². The smallest absolute Gasteiger partial charge is 0.257 e. The lowest BCUT2D eigenvalue weighted by Gasteiger charge is -2.05. The van der Waals surface area contributed by atoms with E-state index in [4.69, 9.17) is 0 Å². The van der Waals surface area contributed by atoms with E-state index in [1.807, 2.05) is 0 Å². The first-order valence-corrected chi connectivity index (χ1v) is 8.82. The molecule has 0 aliphatic heterocycles. The lowest BCUT2D eigenvalue weighted by molar-refractivity contribution is 0.0963. The van der Waals surface area contributed by atoms with Crippen molar-refractivity contribution in [3.63, 3.8) is 0 Å². The largest absolute Gasteiger partial charge is 0.355 e. The van der Waals surface area contributed by atoms with Crippen LogP contribution in [0.5, 0.6) is 0 Å². The zero-order chi connectivity index (χ0) is 19.6. The second-order valence-electron chi connectivity index (χ2n) is 5.73. The molecule has 1 heterocycles. The Balaban J connectivity index is 1.81. The van der Waals surface area contributed by atoms with E-state index >= 15 is 0 Å². The lowest BCUT2D eigenvalue weighted by Crippen LogP contribution is -2.19. The molecule has 0 aliphatic rings. The van der Waals surface area contributed by atoms with Crippen LogP contribution in [-0.4, -0.2) is 23.8 Å². The van der Waals surface area contributed by atoms with Gasteiger partial charge in [0.25, 0.3) is 11.8 Å². The number of hydrogen-bond acceptors (Lipinski definition) is 4. The van der Waals surface area contributed by atoms with Crippen molar-refractivity contribution in [1.29, 1.82) is 0 Å². The normalized spacial score (nSPS) is 10.5. The molecule has 0 saturated carbocycles. The highest BCUT2D eigenvalue weighted by molar-refractivity contribution is 7.14. The van der Waals surface area contributed by atoms with Crippen LogP contribution in [0.25, 0.3) is 11.3 Å². The molecule has 2 N–H and O–H groups in total. The van der Waals surface area contributed by atoms with Gasteiger partial charge in [-0.25, -0.2) is 13.8 Å². The predicted octanol–water partition coefficient (Wildman–Crippen LogP) is 4.01. The summed E-state index contributed by atoms with van der Waals surface area (Å²) >= 11 is 1.12. The van der Waals surface area contributed by atoms with E-state index in [-0.39, 0.29) is 22.2 Å². The topological polar surface area (TPSA) is 71.1 Å². The number of nitrogens with one attached hydrogen (secondary N) is 2. The molecule has 2 aromatic carbocycles. The van der Waals surface area contributed by atoms with Crippen molar-refractivity contribution in [3.8, 4) is 11.3 Å². The van der Waals surface area contributed by atoms with Crippen molar-refractivity contribution in [3.05, 3.63) is 70.1 Å². The zero-order valence-electron chi connectivity index (χ0n) is 14.5. The Morgan fingerprint density at radius 1 is 1.04 bits per heavy atom. The number of carbonyl (C=O) groups is 2. The second kappa shape index (κ2) is 7.63. The van der Waals surface area contributed by atoms with Gasteiger partial charge in [0, 0.05) is 35.2 Å². The molecular weight excluding hydrogens is 372 g/mol. The van der Waals surface area contributed by atoms with Gasteiger partial charge in [-0.1, -0.05) is 6.07 Å². The molecule has 2 amide bonds. The summed E-state index contributed by atoms with van der Waals surface area (Å²) in [7, 11) is 1.50. The third kappa shape index (κ3) is 4.01. The molecule has 27 heavy (non-hydrogen) atoms. The van der Waals surface area contributed by atoms with E-state index in [0.717, 1.165) is 17.4 Å². The maximum absolute atomic E-state index is 14.0. The van der Waals surface area contributed by atoms with Crippen LogP contribution in [0.3, 0.4) is 0 Å². The number of aromatic nitrogens is 1. The lowest BCUT2D eigenvalue weighted by atomic mass is 10.1. The van der Waals surface area contributed by atoms with Crippen LogP contribution in [0.15, 0.2) is 41.8 Å². The second-order valence-corrected chi connectivity index (χ2v) is 6.59. The van der Waals surface area contributed by atoms with E-state index in [1.165, 1.54) is 26.1 Å². The van der Waals surface area contributed by atoms with Crippen molar-refractivity contribution in [2.24, 2.45) is 0 Å². The van der Waals surface area contributed by atoms with Crippen molar-refractivity contribution in [2.75, 3.05) is 12.4 Å². The van der Waals surface area contributed by atoms with Crippen LogP contribution < -0.4 is 10.6 Å². The number of aryl methyl sites for hydroxylation is 1. The molecule has 0 radical (unpaired) electrons. The van der Waals surface area contributed by atoms with Gasteiger partial charge in [-0.3, -0.25) is 14.9 Å². The molecule has 0 aliphatic carbocycles. The van der Waals surface area contributed by atoms with Crippen LogP contribution >= 0.6 is 11.3 Å². The summed E-state index contributed by atoms with van der Waals surface area (Å²) in [5.41, 5.74) is 1.41. The summed E-state index contributed by atoms with van der Waals surface area (Å²) < 4.78 is 27.4.